The molecule has 7 nitrogen and oxygen atoms in total. The van der Waals surface area contributed by atoms with Gasteiger partial charge in [0.1, 0.15) is 17.6 Å². The molecule has 0 spiro atoms. The van der Waals surface area contributed by atoms with E-state index in [0.29, 0.717) is 13.2 Å². The fourth-order valence-electron chi connectivity index (χ4n) is 2.59. The average Bonchev–Trinajstić information content (AvgIpc) is 3.06. The number of carbonyl (C=O) groups is 2. The minimum absolute atomic E-state index is 0.171. The molecule has 2 heterocycles. The molecular formula is C16H16BrN3O4. The highest BCUT2D eigenvalue weighted by Crippen LogP contribution is 2.22. The summed E-state index contributed by atoms with van der Waals surface area (Å²) in [5.41, 5.74) is -0.273. The van der Waals surface area contributed by atoms with Crippen LogP contribution in [0.2, 0.25) is 0 Å². The van der Waals surface area contributed by atoms with Gasteiger partial charge in [0.25, 0.3) is 5.91 Å². The lowest BCUT2D eigenvalue weighted by molar-refractivity contribution is -0.148. The van der Waals surface area contributed by atoms with Crippen LogP contribution in [0.5, 0.6) is 0 Å². The number of carbonyl (C=O) groups excluding carboxylic acids is 1. The van der Waals surface area contributed by atoms with Crippen molar-refractivity contribution in [3.8, 4) is 5.69 Å². The molecular weight excluding hydrogens is 378 g/mol. The van der Waals surface area contributed by atoms with E-state index in [1.54, 1.807) is 10.8 Å². The molecule has 0 unspecified atom stereocenters. The number of nitrogens with zero attached hydrogens (tertiary/aromatic N) is 2. The molecule has 8 heteroatoms. The maximum atomic E-state index is 12.4. The predicted octanol–water partition coefficient (Wildman–Crippen LogP) is 2.00. The van der Waals surface area contributed by atoms with E-state index in [-0.39, 0.29) is 18.5 Å². The number of ether oxygens (including phenoxy) is 1. The van der Waals surface area contributed by atoms with Gasteiger partial charge in [0.05, 0.1) is 0 Å². The molecule has 2 N–H and O–H groups in total. The first-order valence-corrected chi connectivity index (χ1v) is 8.23. The number of hydrogen-bond acceptors (Lipinski definition) is 4. The first-order valence-electron chi connectivity index (χ1n) is 7.44. The van der Waals surface area contributed by atoms with Gasteiger partial charge >= 0.3 is 5.97 Å². The van der Waals surface area contributed by atoms with Crippen molar-refractivity contribution in [2.24, 2.45) is 0 Å². The molecule has 1 aliphatic rings. The fourth-order valence-corrected chi connectivity index (χ4v) is 2.85. The van der Waals surface area contributed by atoms with Crippen molar-refractivity contribution in [3.05, 3.63) is 47.0 Å². The van der Waals surface area contributed by atoms with Crippen LogP contribution in [0.25, 0.3) is 5.69 Å². The van der Waals surface area contributed by atoms with E-state index in [4.69, 9.17) is 4.74 Å². The zero-order valence-corrected chi connectivity index (χ0v) is 14.3. The smallest absolute Gasteiger partial charge is 0.329 e. The van der Waals surface area contributed by atoms with E-state index in [2.05, 4.69) is 26.2 Å². The molecule has 1 saturated heterocycles. The molecule has 1 aromatic heterocycles. The fraction of sp³-hybridized carbons (Fsp3) is 0.312. The van der Waals surface area contributed by atoms with Gasteiger partial charge in [-0.3, -0.25) is 4.79 Å². The van der Waals surface area contributed by atoms with E-state index in [0.717, 1.165) is 10.2 Å². The standard InChI is InChI=1S/C16H16BrN3O4/c17-11-1-3-12(4-2-11)20-9-13(18-10-20)14(21)19-16(15(22)23)5-7-24-8-6-16/h1-4,9-10H,5-8H2,(H,19,21)(H,22,23). The molecule has 0 radical (unpaired) electrons. The Morgan fingerprint density at radius 2 is 1.92 bits per heavy atom. The predicted molar refractivity (Wildman–Crippen MR) is 89.2 cm³/mol. The monoisotopic (exact) mass is 393 g/mol. The Bertz CT molecular complexity index is 751. The number of rotatable bonds is 4. The van der Waals surface area contributed by atoms with Crippen LogP contribution < -0.4 is 5.32 Å². The summed E-state index contributed by atoms with van der Waals surface area (Å²) in [6.07, 6.45) is 3.58. The lowest BCUT2D eigenvalue weighted by Gasteiger charge is -2.33. The normalized spacial score (nSPS) is 16.5. The van der Waals surface area contributed by atoms with Gasteiger partial charge in [-0.15, -0.1) is 0 Å². The van der Waals surface area contributed by atoms with Gasteiger partial charge in [0.2, 0.25) is 0 Å². The summed E-state index contributed by atoms with van der Waals surface area (Å²) in [7, 11) is 0. The third-order valence-corrected chi connectivity index (χ3v) is 4.58. The van der Waals surface area contributed by atoms with Crippen LogP contribution in [0.4, 0.5) is 0 Å². The van der Waals surface area contributed by atoms with Gasteiger partial charge in [-0.25, -0.2) is 9.78 Å². The van der Waals surface area contributed by atoms with Crippen molar-refractivity contribution < 1.29 is 19.4 Å². The van der Waals surface area contributed by atoms with Crippen molar-refractivity contribution in [2.75, 3.05) is 13.2 Å². The molecule has 2 aromatic rings. The zero-order valence-electron chi connectivity index (χ0n) is 12.7. The average molecular weight is 394 g/mol. The number of benzene rings is 1. The molecule has 24 heavy (non-hydrogen) atoms. The van der Waals surface area contributed by atoms with Gasteiger partial charge < -0.3 is 19.7 Å². The third-order valence-electron chi connectivity index (χ3n) is 4.05. The van der Waals surface area contributed by atoms with Crippen LogP contribution in [-0.2, 0) is 9.53 Å². The highest BCUT2D eigenvalue weighted by molar-refractivity contribution is 9.10. The summed E-state index contributed by atoms with van der Waals surface area (Å²) >= 11 is 3.37. The van der Waals surface area contributed by atoms with Gasteiger partial charge in [-0.05, 0) is 24.3 Å². The zero-order chi connectivity index (χ0) is 17.2. The van der Waals surface area contributed by atoms with E-state index in [1.807, 2.05) is 24.3 Å². The van der Waals surface area contributed by atoms with Gasteiger partial charge in [-0.1, -0.05) is 15.9 Å². The van der Waals surface area contributed by atoms with Crippen LogP contribution in [0.15, 0.2) is 41.3 Å². The Hall–Kier alpha value is -2.19. The number of carboxylic acids is 1. The van der Waals surface area contributed by atoms with Crippen LogP contribution in [-0.4, -0.2) is 45.3 Å². The lowest BCUT2D eigenvalue weighted by atomic mass is 9.90. The highest BCUT2D eigenvalue weighted by atomic mass is 79.9. The Balaban J connectivity index is 1.78. The second kappa shape index (κ2) is 6.74. The number of carboxylic acid groups (broad SMARTS) is 1. The SMILES string of the molecule is O=C(NC1(C(=O)O)CCOCC1)c1cn(-c2ccc(Br)cc2)cn1. The minimum Gasteiger partial charge on any atom is -0.480 e. The first kappa shape index (κ1) is 16.7. The molecule has 0 aliphatic carbocycles. The number of halogens is 1. The molecule has 1 fully saturated rings. The summed E-state index contributed by atoms with van der Waals surface area (Å²) in [6, 6.07) is 7.53. The number of hydrogen-bond donors (Lipinski definition) is 2. The second-order valence-corrected chi connectivity index (χ2v) is 6.51. The number of aromatic nitrogens is 2. The Morgan fingerprint density at radius 3 is 2.54 bits per heavy atom. The Kier molecular flexibility index (Phi) is 4.68. The molecule has 0 bridgehead atoms. The number of imidazole rings is 1. The van der Waals surface area contributed by atoms with Gasteiger partial charge in [0, 0.05) is 42.4 Å². The van der Waals surface area contributed by atoms with Crippen molar-refractivity contribution >= 4 is 27.8 Å². The topological polar surface area (TPSA) is 93.5 Å². The molecule has 3 rings (SSSR count). The summed E-state index contributed by atoms with van der Waals surface area (Å²) < 4.78 is 7.85. The molecule has 1 amide bonds. The van der Waals surface area contributed by atoms with Gasteiger partial charge in [0.15, 0.2) is 0 Å². The highest BCUT2D eigenvalue weighted by Gasteiger charge is 2.42. The van der Waals surface area contributed by atoms with Crippen molar-refractivity contribution in [1.29, 1.82) is 0 Å². The van der Waals surface area contributed by atoms with Crippen molar-refractivity contribution in [2.45, 2.75) is 18.4 Å². The van der Waals surface area contributed by atoms with Crippen LogP contribution in [0.3, 0.4) is 0 Å². The first-order chi connectivity index (χ1) is 11.5. The largest absolute Gasteiger partial charge is 0.480 e. The Morgan fingerprint density at radius 1 is 1.25 bits per heavy atom. The summed E-state index contributed by atoms with van der Waals surface area (Å²) in [5.74, 6) is -1.55. The summed E-state index contributed by atoms with van der Waals surface area (Å²) in [4.78, 5) is 28.1. The summed E-state index contributed by atoms with van der Waals surface area (Å²) in [5, 5.41) is 12.1. The third kappa shape index (κ3) is 3.34. The van der Waals surface area contributed by atoms with E-state index in [1.165, 1.54) is 6.33 Å². The number of aliphatic carboxylic acids is 1. The van der Waals surface area contributed by atoms with E-state index >= 15 is 0 Å². The number of nitrogens with one attached hydrogen (secondary N) is 1. The van der Waals surface area contributed by atoms with Crippen molar-refractivity contribution in [1.82, 2.24) is 14.9 Å². The maximum absolute atomic E-state index is 12.4. The lowest BCUT2D eigenvalue weighted by Crippen LogP contribution is -2.57. The number of amides is 1. The van der Waals surface area contributed by atoms with Gasteiger partial charge in [-0.2, -0.15) is 0 Å². The van der Waals surface area contributed by atoms with Crippen LogP contribution >= 0.6 is 15.9 Å². The molecule has 1 aliphatic heterocycles. The Labute approximate surface area is 146 Å². The molecule has 126 valence electrons. The van der Waals surface area contributed by atoms with Crippen LogP contribution in [0.1, 0.15) is 23.3 Å². The van der Waals surface area contributed by atoms with Crippen LogP contribution in [0, 0.1) is 0 Å². The van der Waals surface area contributed by atoms with E-state index < -0.39 is 17.4 Å². The molecule has 1 aromatic carbocycles. The molecule has 0 atom stereocenters. The quantitative estimate of drug-likeness (QED) is 0.828. The molecule has 0 saturated carbocycles. The van der Waals surface area contributed by atoms with E-state index in [9.17, 15) is 14.7 Å². The summed E-state index contributed by atoms with van der Waals surface area (Å²) in [6.45, 7) is 0.611. The second-order valence-electron chi connectivity index (χ2n) is 5.60. The minimum atomic E-state index is -1.29. The maximum Gasteiger partial charge on any atom is 0.329 e. The van der Waals surface area contributed by atoms with Crippen molar-refractivity contribution in [3.63, 3.8) is 0 Å².